The molecule has 3 heteroatoms. The fraction of sp³-hybridized carbons (Fsp3) is 0.353. The number of benzene rings is 1. The van der Waals surface area contributed by atoms with Gasteiger partial charge in [-0.15, -0.1) is 0 Å². The van der Waals surface area contributed by atoms with Crippen LogP contribution in [0.4, 0.5) is 0 Å². The van der Waals surface area contributed by atoms with E-state index in [1.165, 1.54) is 5.56 Å². The van der Waals surface area contributed by atoms with Crippen LogP contribution < -0.4 is 0 Å². The standard InChI is InChI=1S/C17H21NO2/c1-5-15-14(16(19)20)10-11-18(15)13-8-6-12(7-9-13)17(2,3)4/h6-11H,5H2,1-4H3,(H,19,20). The van der Waals surface area contributed by atoms with Gasteiger partial charge in [-0.3, -0.25) is 0 Å². The van der Waals surface area contributed by atoms with Gasteiger partial charge in [0, 0.05) is 17.6 Å². The van der Waals surface area contributed by atoms with Crippen molar-refractivity contribution in [1.82, 2.24) is 4.57 Å². The molecule has 1 aromatic heterocycles. The minimum atomic E-state index is -0.869. The van der Waals surface area contributed by atoms with Crippen molar-refractivity contribution in [3.63, 3.8) is 0 Å². The number of hydrogen-bond donors (Lipinski definition) is 1. The highest BCUT2D eigenvalue weighted by atomic mass is 16.4. The van der Waals surface area contributed by atoms with E-state index in [4.69, 9.17) is 0 Å². The summed E-state index contributed by atoms with van der Waals surface area (Å²) in [5.74, 6) is -0.869. The molecule has 0 spiro atoms. The highest BCUT2D eigenvalue weighted by Gasteiger charge is 2.16. The van der Waals surface area contributed by atoms with Crippen LogP contribution in [0, 0.1) is 0 Å². The molecule has 0 fully saturated rings. The van der Waals surface area contributed by atoms with Crippen LogP contribution >= 0.6 is 0 Å². The number of carboxylic acid groups (broad SMARTS) is 1. The quantitative estimate of drug-likeness (QED) is 0.915. The van der Waals surface area contributed by atoms with Gasteiger partial charge in [0.2, 0.25) is 0 Å². The van der Waals surface area contributed by atoms with Gasteiger partial charge in [0.15, 0.2) is 0 Å². The number of aromatic carboxylic acids is 1. The molecule has 20 heavy (non-hydrogen) atoms. The predicted octanol–water partition coefficient (Wildman–Crippen LogP) is 4.04. The zero-order valence-electron chi connectivity index (χ0n) is 12.5. The Labute approximate surface area is 119 Å². The van der Waals surface area contributed by atoms with Crippen molar-refractivity contribution in [2.24, 2.45) is 0 Å². The Kier molecular flexibility index (Phi) is 3.71. The van der Waals surface area contributed by atoms with Gasteiger partial charge in [-0.05, 0) is 35.6 Å². The maximum absolute atomic E-state index is 11.2. The van der Waals surface area contributed by atoms with E-state index in [2.05, 4.69) is 32.9 Å². The molecule has 0 saturated heterocycles. The molecular weight excluding hydrogens is 250 g/mol. The van der Waals surface area contributed by atoms with Gasteiger partial charge < -0.3 is 9.67 Å². The molecular formula is C17H21NO2. The highest BCUT2D eigenvalue weighted by Crippen LogP contribution is 2.24. The van der Waals surface area contributed by atoms with Crippen LogP contribution in [0.1, 0.15) is 49.3 Å². The summed E-state index contributed by atoms with van der Waals surface area (Å²) in [6.07, 6.45) is 2.52. The summed E-state index contributed by atoms with van der Waals surface area (Å²) >= 11 is 0. The average Bonchev–Trinajstić information content (AvgIpc) is 2.81. The first kappa shape index (κ1) is 14.4. The largest absolute Gasteiger partial charge is 0.478 e. The number of rotatable bonds is 3. The average molecular weight is 271 g/mol. The van der Waals surface area contributed by atoms with Crippen LogP contribution in [-0.2, 0) is 11.8 Å². The van der Waals surface area contributed by atoms with E-state index in [9.17, 15) is 9.90 Å². The summed E-state index contributed by atoms with van der Waals surface area (Å²) < 4.78 is 1.95. The van der Waals surface area contributed by atoms with E-state index in [1.807, 2.05) is 29.8 Å². The molecule has 0 amide bonds. The SMILES string of the molecule is CCc1c(C(=O)O)ccn1-c1ccc(C(C)(C)C)cc1. The summed E-state index contributed by atoms with van der Waals surface area (Å²) in [6.45, 7) is 8.51. The van der Waals surface area contributed by atoms with Crippen molar-refractivity contribution in [2.45, 2.75) is 39.5 Å². The maximum atomic E-state index is 11.2. The molecule has 0 unspecified atom stereocenters. The molecule has 3 nitrogen and oxygen atoms in total. The Hall–Kier alpha value is -2.03. The molecule has 0 aliphatic heterocycles. The lowest BCUT2D eigenvalue weighted by Crippen LogP contribution is -2.11. The number of aromatic nitrogens is 1. The third-order valence-electron chi connectivity index (χ3n) is 3.57. The molecule has 1 aromatic carbocycles. The fourth-order valence-corrected chi connectivity index (χ4v) is 2.38. The Morgan fingerprint density at radius 1 is 1.15 bits per heavy atom. The second kappa shape index (κ2) is 5.16. The van der Waals surface area contributed by atoms with E-state index in [0.717, 1.165) is 11.4 Å². The second-order valence-electron chi connectivity index (χ2n) is 6.00. The summed E-state index contributed by atoms with van der Waals surface area (Å²) in [4.78, 5) is 11.2. The Morgan fingerprint density at radius 3 is 2.20 bits per heavy atom. The third kappa shape index (κ3) is 2.62. The van der Waals surface area contributed by atoms with Crippen LogP contribution in [0.15, 0.2) is 36.5 Å². The van der Waals surface area contributed by atoms with Gasteiger partial charge in [0.25, 0.3) is 0 Å². The summed E-state index contributed by atoms with van der Waals surface area (Å²) in [5, 5.41) is 9.19. The van der Waals surface area contributed by atoms with Gasteiger partial charge in [0.1, 0.15) is 0 Å². The monoisotopic (exact) mass is 271 g/mol. The van der Waals surface area contributed by atoms with Crippen LogP contribution in [-0.4, -0.2) is 15.6 Å². The third-order valence-corrected chi connectivity index (χ3v) is 3.57. The number of carbonyl (C=O) groups is 1. The summed E-state index contributed by atoms with van der Waals surface area (Å²) in [7, 11) is 0. The molecule has 106 valence electrons. The molecule has 0 bridgehead atoms. The van der Waals surface area contributed by atoms with E-state index in [0.29, 0.717) is 12.0 Å². The lowest BCUT2D eigenvalue weighted by Gasteiger charge is -2.19. The van der Waals surface area contributed by atoms with Crippen molar-refractivity contribution < 1.29 is 9.90 Å². The first-order valence-corrected chi connectivity index (χ1v) is 6.89. The van der Waals surface area contributed by atoms with Gasteiger partial charge in [-0.1, -0.05) is 39.8 Å². The van der Waals surface area contributed by atoms with Gasteiger partial charge in [0.05, 0.1) is 5.56 Å². The molecule has 2 aromatic rings. The molecule has 0 radical (unpaired) electrons. The van der Waals surface area contributed by atoms with Crippen molar-refractivity contribution in [2.75, 3.05) is 0 Å². The second-order valence-corrected chi connectivity index (χ2v) is 6.00. The summed E-state index contributed by atoms with van der Waals surface area (Å²) in [5.41, 5.74) is 3.61. The van der Waals surface area contributed by atoms with E-state index in [-0.39, 0.29) is 5.41 Å². The van der Waals surface area contributed by atoms with Crippen molar-refractivity contribution in [3.8, 4) is 5.69 Å². The Morgan fingerprint density at radius 2 is 1.75 bits per heavy atom. The van der Waals surface area contributed by atoms with Gasteiger partial charge in [-0.2, -0.15) is 0 Å². The number of carboxylic acids is 1. The predicted molar refractivity (Wildman–Crippen MR) is 80.8 cm³/mol. The molecule has 0 aliphatic carbocycles. The highest BCUT2D eigenvalue weighted by molar-refractivity contribution is 5.89. The summed E-state index contributed by atoms with van der Waals surface area (Å²) in [6, 6.07) is 9.97. The van der Waals surface area contributed by atoms with Gasteiger partial charge in [-0.25, -0.2) is 4.79 Å². The van der Waals surface area contributed by atoms with Crippen LogP contribution in [0.5, 0.6) is 0 Å². The van der Waals surface area contributed by atoms with E-state index < -0.39 is 5.97 Å². The Bertz CT molecular complexity index is 615. The number of nitrogens with zero attached hydrogens (tertiary/aromatic N) is 1. The lowest BCUT2D eigenvalue weighted by molar-refractivity contribution is 0.0696. The topological polar surface area (TPSA) is 42.2 Å². The lowest BCUT2D eigenvalue weighted by atomic mass is 9.87. The first-order valence-electron chi connectivity index (χ1n) is 6.89. The Balaban J connectivity index is 2.45. The maximum Gasteiger partial charge on any atom is 0.337 e. The van der Waals surface area contributed by atoms with Crippen molar-refractivity contribution in [3.05, 3.63) is 53.3 Å². The van der Waals surface area contributed by atoms with E-state index >= 15 is 0 Å². The minimum absolute atomic E-state index is 0.120. The molecule has 0 aliphatic rings. The van der Waals surface area contributed by atoms with E-state index in [1.54, 1.807) is 6.07 Å². The zero-order chi connectivity index (χ0) is 14.9. The molecule has 0 saturated carbocycles. The molecule has 1 heterocycles. The number of hydrogen-bond acceptors (Lipinski definition) is 1. The molecule has 1 N–H and O–H groups in total. The fourth-order valence-electron chi connectivity index (χ4n) is 2.38. The molecule has 0 atom stereocenters. The van der Waals surface area contributed by atoms with Crippen molar-refractivity contribution in [1.29, 1.82) is 0 Å². The normalized spacial score (nSPS) is 11.6. The zero-order valence-corrected chi connectivity index (χ0v) is 12.5. The van der Waals surface area contributed by atoms with Crippen LogP contribution in [0.2, 0.25) is 0 Å². The van der Waals surface area contributed by atoms with Crippen LogP contribution in [0.3, 0.4) is 0 Å². The van der Waals surface area contributed by atoms with Crippen LogP contribution in [0.25, 0.3) is 5.69 Å². The van der Waals surface area contributed by atoms with Crippen molar-refractivity contribution >= 4 is 5.97 Å². The molecule has 2 rings (SSSR count). The smallest absolute Gasteiger partial charge is 0.337 e. The van der Waals surface area contributed by atoms with Gasteiger partial charge >= 0.3 is 5.97 Å². The minimum Gasteiger partial charge on any atom is -0.478 e. The first-order chi connectivity index (χ1) is 9.34.